The summed E-state index contributed by atoms with van der Waals surface area (Å²) in [7, 11) is 0. The Morgan fingerprint density at radius 3 is 3.00 bits per heavy atom. The lowest BCUT2D eigenvalue weighted by Crippen LogP contribution is -2.26. The van der Waals surface area contributed by atoms with Crippen LogP contribution in [0.15, 0.2) is 12.3 Å². The minimum absolute atomic E-state index is 0.0465. The van der Waals surface area contributed by atoms with Gasteiger partial charge in [-0.3, -0.25) is 4.79 Å². The van der Waals surface area contributed by atoms with Crippen LogP contribution in [0.2, 0.25) is 0 Å². The molecule has 2 heterocycles. The van der Waals surface area contributed by atoms with E-state index >= 15 is 0 Å². The van der Waals surface area contributed by atoms with E-state index in [1.165, 1.54) is 0 Å². The van der Waals surface area contributed by atoms with E-state index in [4.69, 9.17) is 10.5 Å². The van der Waals surface area contributed by atoms with Crippen molar-refractivity contribution in [3.8, 4) is 0 Å². The van der Waals surface area contributed by atoms with Crippen molar-refractivity contribution in [2.24, 2.45) is 5.73 Å². The van der Waals surface area contributed by atoms with Gasteiger partial charge in [0.15, 0.2) is 5.65 Å². The minimum atomic E-state index is -0.456. The number of carbonyl (C=O) groups is 1. The van der Waals surface area contributed by atoms with Crippen molar-refractivity contribution in [1.29, 1.82) is 0 Å². The number of rotatable bonds is 7. The van der Waals surface area contributed by atoms with E-state index < -0.39 is 5.91 Å². The molecule has 1 amide bonds. The van der Waals surface area contributed by atoms with E-state index in [0.717, 1.165) is 22.6 Å². The topological polar surface area (TPSA) is 94.5 Å². The number of hydrogen-bond donors (Lipinski definition) is 2. The molecule has 0 aromatic carbocycles. The summed E-state index contributed by atoms with van der Waals surface area (Å²) in [6.45, 7) is 7.05. The highest BCUT2D eigenvalue weighted by Crippen LogP contribution is 2.17. The highest BCUT2D eigenvalue weighted by Gasteiger charge is 2.12. The van der Waals surface area contributed by atoms with E-state index in [1.807, 2.05) is 30.6 Å². The Bertz CT molecular complexity index is 638. The highest BCUT2D eigenvalue weighted by atomic mass is 16.5. The van der Waals surface area contributed by atoms with Gasteiger partial charge in [-0.05, 0) is 20.8 Å². The predicted octanol–water partition coefficient (Wildman–Crippen LogP) is 0.499. The molecule has 0 bridgehead atoms. The Morgan fingerprint density at radius 1 is 1.52 bits per heavy atom. The molecule has 1 atom stereocenters. The Kier molecular flexibility index (Phi) is 4.87. The molecule has 2 aromatic heterocycles. The molecule has 0 aliphatic rings. The molecule has 0 aliphatic heterocycles. The van der Waals surface area contributed by atoms with E-state index in [-0.39, 0.29) is 12.6 Å². The van der Waals surface area contributed by atoms with Gasteiger partial charge in [0.25, 0.3) is 0 Å². The van der Waals surface area contributed by atoms with Gasteiger partial charge in [-0.1, -0.05) is 0 Å². The first-order chi connectivity index (χ1) is 9.99. The van der Waals surface area contributed by atoms with E-state index in [0.29, 0.717) is 13.2 Å². The number of hydrogen-bond acceptors (Lipinski definition) is 5. The first kappa shape index (κ1) is 15.4. The standard InChI is InChI=1S/C14H21N5O2/c1-9-6-14-17-7-12(11(3)19(14)18-9)10(2)16-4-5-21-8-13(15)20/h6-7,10,16H,4-5,8H2,1-3H3,(H2,15,20). The van der Waals surface area contributed by atoms with Crippen LogP contribution >= 0.6 is 0 Å². The number of ether oxygens (including phenoxy) is 1. The molecule has 7 heteroatoms. The lowest BCUT2D eigenvalue weighted by Gasteiger charge is -2.16. The zero-order chi connectivity index (χ0) is 15.4. The maximum Gasteiger partial charge on any atom is 0.243 e. The van der Waals surface area contributed by atoms with Crippen molar-refractivity contribution < 1.29 is 9.53 Å². The van der Waals surface area contributed by atoms with Crippen LogP contribution in [0.4, 0.5) is 0 Å². The van der Waals surface area contributed by atoms with Gasteiger partial charge < -0.3 is 15.8 Å². The molecule has 2 aromatic rings. The van der Waals surface area contributed by atoms with Crippen LogP contribution in [0.1, 0.15) is 29.9 Å². The third-order valence-electron chi connectivity index (χ3n) is 3.29. The quantitative estimate of drug-likeness (QED) is 0.724. The summed E-state index contributed by atoms with van der Waals surface area (Å²) in [5.41, 5.74) is 8.94. The molecule has 0 fully saturated rings. The van der Waals surface area contributed by atoms with Gasteiger partial charge in [-0.25, -0.2) is 9.50 Å². The molecular formula is C14H21N5O2. The van der Waals surface area contributed by atoms with Crippen LogP contribution in [0.3, 0.4) is 0 Å². The maximum absolute atomic E-state index is 10.5. The summed E-state index contributed by atoms with van der Waals surface area (Å²) in [6, 6.07) is 2.07. The number of nitrogens with two attached hydrogens (primary N) is 1. The first-order valence-corrected chi connectivity index (χ1v) is 6.90. The molecule has 1 unspecified atom stereocenters. The van der Waals surface area contributed by atoms with Gasteiger partial charge >= 0.3 is 0 Å². The van der Waals surface area contributed by atoms with E-state index in [9.17, 15) is 4.79 Å². The van der Waals surface area contributed by atoms with Gasteiger partial charge in [-0.2, -0.15) is 5.10 Å². The van der Waals surface area contributed by atoms with Gasteiger partial charge in [0.2, 0.25) is 5.91 Å². The fraction of sp³-hybridized carbons (Fsp3) is 0.500. The van der Waals surface area contributed by atoms with Crippen LogP contribution in [0, 0.1) is 13.8 Å². The van der Waals surface area contributed by atoms with E-state index in [1.54, 1.807) is 0 Å². The van der Waals surface area contributed by atoms with Crippen LogP contribution in [-0.2, 0) is 9.53 Å². The molecule has 3 N–H and O–H groups in total. The lowest BCUT2D eigenvalue weighted by atomic mass is 10.1. The third kappa shape index (κ3) is 3.77. The molecule has 2 rings (SSSR count). The van der Waals surface area contributed by atoms with Gasteiger partial charge in [0.1, 0.15) is 6.61 Å². The monoisotopic (exact) mass is 291 g/mol. The van der Waals surface area contributed by atoms with Gasteiger partial charge in [0.05, 0.1) is 12.3 Å². The third-order valence-corrected chi connectivity index (χ3v) is 3.29. The number of nitrogens with one attached hydrogen (secondary N) is 1. The summed E-state index contributed by atoms with van der Waals surface area (Å²) >= 11 is 0. The second-order valence-electron chi connectivity index (χ2n) is 5.05. The van der Waals surface area contributed by atoms with Crippen molar-refractivity contribution >= 4 is 11.6 Å². The SMILES string of the molecule is Cc1cc2ncc(C(C)NCCOCC(N)=O)c(C)n2n1. The van der Waals surface area contributed by atoms with Crippen LogP contribution < -0.4 is 11.1 Å². The Hall–Kier alpha value is -1.99. The largest absolute Gasteiger partial charge is 0.370 e. The molecule has 0 spiro atoms. The molecule has 21 heavy (non-hydrogen) atoms. The second kappa shape index (κ2) is 6.64. The molecule has 0 aliphatic carbocycles. The predicted molar refractivity (Wildman–Crippen MR) is 78.9 cm³/mol. The normalized spacial score (nSPS) is 12.7. The molecule has 7 nitrogen and oxygen atoms in total. The lowest BCUT2D eigenvalue weighted by molar-refractivity contribution is -0.122. The fourth-order valence-corrected chi connectivity index (χ4v) is 2.23. The minimum Gasteiger partial charge on any atom is -0.370 e. The van der Waals surface area contributed by atoms with Crippen molar-refractivity contribution in [3.63, 3.8) is 0 Å². The highest BCUT2D eigenvalue weighted by molar-refractivity contribution is 5.74. The molecular weight excluding hydrogens is 270 g/mol. The Balaban J connectivity index is 1.97. The zero-order valence-electron chi connectivity index (χ0n) is 12.6. The fourth-order valence-electron chi connectivity index (χ4n) is 2.23. The van der Waals surface area contributed by atoms with Crippen LogP contribution in [0.5, 0.6) is 0 Å². The summed E-state index contributed by atoms with van der Waals surface area (Å²) in [6.07, 6.45) is 1.87. The second-order valence-corrected chi connectivity index (χ2v) is 5.05. The summed E-state index contributed by atoms with van der Waals surface area (Å²) < 4.78 is 6.97. The maximum atomic E-state index is 10.5. The summed E-state index contributed by atoms with van der Waals surface area (Å²) in [5.74, 6) is -0.456. The smallest absolute Gasteiger partial charge is 0.243 e. The van der Waals surface area contributed by atoms with E-state index in [2.05, 4.69) is 22.3 Å². The average molecular weight is 291 g/mol. The Morgan fingerprint density at radius 2 is 2.29 bits per heavy atom. The van der Waals surface area contributed by atoms with Crippen LogP contribution in [0.25, 0.3) is 5.65 Å². The molecule has 0 saturated heterocycles. The first-order valence-electron chi connectivity index (χ1n) is 6.90. The number of fused-ring (bicyclic) bond motifs is 1. The average Bonchev–Trinajstić information content (AvgIpc) is 2.79. The summed E-state index contributed by atoms with van der Waals surface area (Å²) in [4.78, 5) is 15.0. The number of primary amides is 1. The Labute approximate surface area is 123 Å². The number of carbonyl (C=O) groups excluding carboxylic acids is 1. The van der Waals surface area contributed by atoms with Crippen molar-refractivity contribution in [2.45, 2.75) is 26.8 Å². The number of aromatic nitrogens is 3. The van der Waals surface area contributed by atoms with Crippen molar-refractivity contribution in [2.75, 3.05) is 19.8 Å². The van der Waals surface area contributed by atoms with Gasteiger partial charge in [-0.15, -0.1) is 0 Å². The molecule has 114 valence electrons. The van der Waals surface area contributed by atoms with Crippen LogP contribution in [-0.4, -0.2) is 40.3 Å². The molecule has 0 saturated carbocycles. The zero-order valence-corrected chi connectivity index (χ0v) is 12.6. The number of amides is 1. The molecule has 0 radical (unpaired) electrons. The summed E-state index contributed by atoms with van der Waals surface area (Å²) in [5, 5.41) is 7.76. The number of aryl methyl sites for hydroxylation is 2. The number of nitrogens with zero attached hydrogens (tertiary/aromatic N) is 3. The van der Waals surface area contributed by atoms with Crippen molar-refractivity contribution in [1.82, 2.24) is 19.9 Å². The van der Waals surface area contributed by atoms with Crippen molar-refractivity contribution in [3.05, 3.63) is 29.2 Å². The van der Waals surface area contributed by atoms with Gasteiger partial charge in [0, 0.05) is 36.1 Å².